The second kappa shape index (κ2) is 11.6. The Morgan fingerprint density at radius 2 is 1.59 bits per heavy atom. The summed E-state index contributed by atoms with van der Waals surface area (Å²) in [5.74, 6) is -2.33. The number of nitrogens with zero attached hydrogens (tertiary/aromatic N) is 1. The summed E-state index contributed by atoms with van der Waals surface area (Å²) in [4.78, 5) is 40.4. The van der Waals surface area contributed by atoms with E-state index < -0.39 is 42.1 Å². The van der Waals surface area contributed by atoms with Gasteiger partial charge in [-0.2, -0.15) is 0 Å². The Hall–Kier alpha value is -3.72. The Kier molecular flexibility index (Phi) is 8.39. The number of rotatable bonds is 7. The number of esters is 1. The van der Waals surface area contributed by atoms with E-state index in [1.807, 2.05) is 36.4 Å². The van der Waals surface area contributed by atoms with E-state index in [1.54, 1.807) is 37.8 Å². The van der Waals surface area contributed by atoms with Crippen LogP contribution in [0, 0.1) is 0 Å². The van der Waals surface area contributed by atoms with Crippen LogP contribution in [0.4, 0.5) is 4.39 Å². The third-order valence-electron chi connectivity index (χ3n) is 7.02. The van der Waals surface area contributed by atoms with Gasteiger partial charge in [-0.25, -0.2) is 4.39 Å². The van der Waals surface area contributed by atoms with Crippen molar-refractivity contribution in [1.82, 2.24) is 10.2 Å². The van der Waals surface area contributed by atoms with Gasteiger partial charge in [-0.05, 0) is 55.9 Å². The highest BCUT2D eigenvalue weighted by atomic mass is 19.1. The number of hydrogen-bond donors (Lipinski definition) is 2. The lowest BCUT2D eigenvalue weighted by Gasteiger charge is -2.49. The van der Waals surface area contributed by atoms with Crippen molar-refractivity contribution < 1.29 is 33.4 Å². The Morgan fingerprint density at radius 3 is 2.13 bits per heavy atom. The minimum Gasteiger partial charge on any atom is -0.511 e. The summed E-state index contributed by atoms with van der Waals surface area (Å²) in [5, 5.41) is 13.3. The number of aliphatic hydroxyl groups is 1. The predicted molar refractivity (Wildman–Crippen MR) is 143 cm³/mol. The molecule has 0 atom stereocenters. The summed E-state index contributed by atoms with van der Waals surface area (Å²) in [5.41, 5.74) is 1.61. The van der Waals surface area contributed by atoms with Gasteiger partial charge in [0.1, 0.15) is 30.2 Å². The van der Waals surface area contributed by atoms with Gasteiger partial charge in [0.2, 0.25) is 0 Å². The van der Waals surface area contributed by atoms with Gasteiger partial charge in [0.05, 0.1) is 5.54 Å². The van der Waals surface area contributed by atoms with E-state index in [2.05, 4.69) is 5.32 Å². The fourth-order valence-electron chi connectivity index (χ4n) is 5.02. The highest BCUT2D eigenvalue weighted by Crippen LogP contribution is 2.40. The highest BCUT2D eigenvalue weighted by molar-refractivity contribution is 6.19. The predicted octanol–water partition coefficient (Wildman–Crippen LogP) is 4.37. The van der Waals surface area contributed by atoms with Crippen LogP contribution in [0.1, 0.15) is 51.2 Å². The van der Waals surface area contributed by atoms with Gasteiger partial charge in [0, 0.05) is 26.2 Å². The standard InChI is InChI=1S/C30H35FN2O6/c1-29(2,3)39-25(35)18-32-27(36)26-24(34)16-30(12-14-38-15-13-30)33(28(26)37)19-21-6-10-23(11-7-21)22-8-4-20(17-31)5-9-22/h4-11,34H,12-19H2,1-3H3,(H,32,36). The molecule has 9 heteroatoms. The van der Waals surface area contributed by atoms with Crippen LogP contribution in [0.15, 0.2) is 59.9 Å². The molecule has 2 aromatic carbocycles. The molecule has 0 saturated carbocycles. The number of carbonyl (C=O) groups excluding carboxylic acids is 3. The molecule has 2 aromatic rings. The smallest absolute Gasteiger partial charge is 0.325 e. The first-order valence-electron chi connectivity index (χ1n) is 13.1. The van der Waals surface area contributed by atoms with Gasteiger partial charge in [-0.3, -0.25) is 14.4 Å². The first-order valence-corrected chi connectivity index (χ1v) is 13.1. The zero-order valence-corrected chi connectivity index (χ0v) is 22.6. The molecule has 0 radical (unpaired) electrons. The Labute approximate surface area is 227 Å². The van der Waals surface area contributed by atoms with Crippen LogP contribution in [0.3, 0.4) is 0 Å². The van der Waals surface area contributed by atoms with Crippen LogP contribution in [0.25, 0.3) is 11.1 Å². The number of aliphatic hydroxyl groups excluding tert-OH is 1. The average molecular weight is 539 g/mol. The topological polar surface area (TPSA) is 105 Å². The third-order valence-corrected chi connectivity index (χ3v) is 7.02. The lowest BCUT2D eigenvalue weighted by molar-refractivity contribution is -0.155. The summed E-state index contributed by atoms with van der Waals surface area (Å²) in [6.45, 7) is 5.31. The largest absolute Gasteiger partial charge is 0.511 e. The second-order valence-corrected chi connectivity index (χ2v) is 11.0. The summed E-state index contributed by atoms with van der Waals surface area (Å²) in [6, 6.07) is 14.9. The number of halogens is 1. The minimum atomic E-state index is -0.817. The third kappa shape index (κ3) is 6.65. The maximum absolute atomic E-state index is 13.7. The Balaban J connectivity index is 1.54. The van der Waals surface area contributed by atoms with Crippen molar-refractivity contribution >= 4 is 17.8 Å². The van der Waals surface area contributed by atoms with Gasteiger partial charge in [-0.1, -0.05) is 48.5 Å². The van der Waals surface area contributed by atoms with Crippen LogP contribution in [0.5, 0.6) is 0 Å². The average Bonchev–Trinajstić information content (AvgIpc) is 2.90. The molecule has 0 bridgehead atoms. The molecule has 0 unspecified atom stereocenters. The maximum atomic E-state index is 13.7. The molecular formula is C30H35FN2O6. The van der Waals surface area contributed by atoms with Crippen LogP contribution >= 0.6 is 0 Å². The van der Waals surface area contributed by atoms with Crippen LogP contribution in [0.2, 0.25) is 0 Å². The summed E-state index contributed by atoms with van der Waals surface area (Å²) < 4.78 is 23.6. The highest BCUT2D eigenvalue weighted by Gasteiger charge is 2.48. The fourth-order valence-corrected chi connectivity index (χ4v) is 5.02. The minimum absolute atomic E-state index is 0.121. The number of nitrogens with one attached hydrogen (secondary N) is 1. The Morgan fingerprint density at radius 1 is 1.03 bits per heavy atom. The maximum Gasteiger partial charge on any atom is 0.325 e. The number of alkyl halides is 1. The molecule has 2 N–H and O–H groups in total. The van der Waals surface area contributed by atoms with Gasteiger partial charge >= 0.3 is 5.97 Å². The molecule has 0 aromatic heterocycles. The molecule has 8 nitrogen and oxygen atoms in total. The molecule has 2 aliphatic heterocycles. The number of carbonyl (C=O) groups is 3. The van der Waals surface area contributed by atoms with E-state index in [0.717, 1.165) is 16.7 Å². The summed E-state index contributed by atoms with van der Waals surface area (Å²) >= 11 is 0. The first-order chi connectivity index (χ1) is 18.5. The SMILES string of the molecule is CC(C)(C)OC(=O)CNC(=O)C1=C(O)CC2(CCOCC2)N(Cc2ccc(-c3ccc(CF)cc3)cc2)C1=O. The van der Waals surface area contributed by atoms with Gasteiger partial charge in [0.15, 0.2) is 0 Å². The number of ether oxygens (including phenoxy) is 2. The van der Waals surface area contributed by atoms with Gasteiger partial charge < -0.3 is 24.8 Å². The molecule has 1 fully saturated rings. The van der Waals surface area contributed by atoms with Crippen molar-refractivity contribution in [3.8, 4) is 11.1 Å². The van der Waals surface area contributed by atoms with Gasteiger partial charge in [-0.15, -0.1) is 0 Å². The van der Waals surface area contributed by atoms with E-state index in [9.17, 15) is 23.9 Å². The van der Waals surface area contributed by atoms with Crippen molar-refractivity contribution in [2.24, 2.45) is 0 Å². The summed E-state index contributed by atoms with van der Waals surface area (Å²) in [7, 11) is 0. The fraction of sp³-hybridized carbons (Fsp3) is 0.433. The number of benzene rings is 2. The van der Waals surface area contributed by atoms with Crippen molar-refractivity contribution in [1.29, 1.82) is 0 Å². The lowest BCUT2D eigenvalue weighted by atomic mass is 9.79. The molecule has 39 heavy (non-hydrogen) atoms. The van der Waals surface area contributed by atoms with Gasteiger partial charge in [0.25, 0.3) is 11.8 Å². The first kappa shape index (κ1) is 28.3. The molecule has 4 rings (SSSR count). The zero-order chi connectivity index (χ0) is 28.2. The van der Waals surface area contributed by atoms with Crippen molar-refractivity contribution in [2.75, 3.05) is 19.8 Å². The summed E-state index contributed by atoms with van der Waals surface area (Å²) in [6.07, 6.45) is 1.17. The van der Waals surface area contributed by atoms with E-state index in [0.29, 0.717) is 31.6 Å². The van der Waals surface area contributed by atoms with Crippen molar-refractivity contribution in [2.45, 2.75) is 64.4 Å². The van der Waals surface area contributed by atoms with E-state index >= 15 is 0 Å². The van der Waals surface area contributed by atoms with Crippen molar-refractivity contribution in [3.05, 3.63) is 71.0 Å². The van der Waals surface area contributed by atoms with E-state index in [-0.39, 0.29) is 24.3 Å². The van der Waals surface area contributed by atoms with Crippen LogP contribution < -0.4 is 5.32 Å². The lowest BCUT2D eigenvalue weighted by Crippen LogP contribution is -2.58. The number of hydrogen-bond acceptors (Lipinski definition) is 6. The molecule has 208 valence electrons. The van der Waals surface area contributed by atoms with E-state index in [4.69, 9.17) is 9.47 Å². The Bertz CT molecular complexity index is 1240. The molecule has 2 aliphatic rings. The molecule has 1 spiro atoms. The molecule has 1 saturated heterocycles. The van der Waals surface area contributed by atoms with Crippen molar-refractivity contribution in [3.63, 3.8) is 0 Å². The quantitative estimate of drug-likeness (QED) is 0.401. The van der Waals surface area contributed by atoms with Crippen LogP contribution in [-0.2, 0) is 37.1 Å². The number of amides is 2. The van der Waals surface area contributed by atoms with Crippen LogP contribution in [-0.4, -0.2) is 58.7 Å². The molecule has 2 heterocycles. The molecule has 0 aliphatic carbocycles. The monoisotopic (exact) mass is 538 g/mol. The molecule has 2 amide bonds. The zero-order valence-electron chi connectivity index (χ0n) is 22.6. The second-order valence-electron chi connectivity index (χ2n) is 11.0. The molecular weight excluding hydrogens is 503 g/mol. The van der Waals surface area contributed by atoms with E-state index in [1.165, 1.54) is 0 Å². The normalized spacial score (nSPS) is 17.3.